The van der Waals surface area contributed by atoms with Crippen LogP contribution in [0.2, 0.25) is 0 Å². The van der Waals surface area contributed by atoms with Gasteiger partial charge in [-0.1, -0.05) is 0 Å². The molecule has 13 heavy (non-hydrogen) atoms. The van der Waals surface area contributed by atoms with Gasteiger partial charge in [0.25, 0.3) is 0 Å². The van der Waals surface area contributed by atoms with Crippen LogP contribution in [-0.2, 0) is 14.3 Å². The van der Waals surface area contributed by atoms with E-state index in [-0.39, 0.29) is 12.1 Å². The number of hydrogen-bond donors (Lipinski definition) is 1. The van der Waals surface area contributed by atoms with Crippen LogP contribution < -0.4 is 5.32 Å². The van der Waals surface area contributed by atoms with Crippen LogP contribution in [0.25, 0.3) is 0 Å². The van der Waals surface area contributed by atoms with Gasteiger partial charge in [-0.15, -0.1) is 0 Å². The lowest BCUT2D eigenvalue weighted by molar-refractivity contribution is -0.143. The van der Waals surface area contributed by atoms with E-state index in [1.54, 1.807) is 0 Å². The van der Waals surface area contributed by atoms with Crippen molar-refractivity contribution >= 4 is 5.97 Å². The Bertz CT molecular complexity index is 213. The summed E-state index contributed by atoms with van der Waals surface area (Å²) in [5, 5.41) is 3.24. The lowest BCUT2D eigenvalue weighted by Crippen LogP contribution is -2.53. The number of carbonyl (C=O) groups excluding carboxylic acids is 1. The maximum absolute atomic E-state index is 11.0. The average Bonchev–Trinajstić information content (AvgIpc) is 2.48. The van der Waals surface area contributed by atoms with Gasteiger partial charge in [0.15, 0.2) is 0 Å². The SMILES string of the molecule is COC(=O)CC1CC2(CNC2)CO1. The molecule has 0 amide bonds. The van der Waals surface area contributed by atoms with Crippen molar-refractivity contribution in [1.82, 2.24) is 5.32 Å². The van der Waals surface area contributed by atoms with Gasteiger partial charge in [0, 0.05) is 18.5 Å². The molecule has 1 unspecified atom stereocenters. The summed E-state index contributed by atoms with van der Waals surface area (Å²) in [4.78, 5) is 11.0. The third-order valence-electron chi connectivity index (χ3n) is 2.91. The molecule has 0 aromatic carbocycles. The summed E-state index contributed by atoms with van der Waals surface area (Å²) in [6.07, 6.45) is 1.47. The highest BCUT2D eigenvalue weighted by atomic mass is 16.5. The van der Waals surface area contributed by atoms with Crippen molar-refractivity contribution < 1.29 is 14.3 Å². The van der Waals surface area contributed by atoms with Crippen LogP contribution in [0.4, 0.5) is 0 Å². The molecule has 4 nitrogen and oxygen atoms in total. The van der Waals surface area contributed by atoms with Gasteiger partial charge in [-0.3, -0.25) is 4.79 Å². The minimum atomic E-state index is -0.172. The predicted octanol–water partition coefficient (Wildman–Crippen LogP) is -0.0720. The van der Waals surface area contributed by atoms with E-state index in [1.807, 2.05) is 0 Å². The minimum Gasteiger partial charge on any atom is -0.469 e. The van der Waals surface area contributed by atoms with Crippen molar-refractivity contribution in [2.24, 2.45) is 5.41 Å². The molecular formula is C9H15NO3. The number of carbonyl (C=O) groups is 1. The first-order valence-electron chi connectivity index (χ1n) is 4.63. The van der Waals surface area contributed by atoms with E-state index in [1.165, 1.54) is 7.11 Å². The van der Waals surface area contributed by atoms with E-state index in [9.17, 15) is 4.79 Å². The fraction of sp³-hybridized carbons (Fsp3) is 0.889. The Kier molecular flexibility index (Phi) is 2.26. The zero-order valence-corrected chi connectivity index (χ0v) is 7.84. The standard InChI is InChI=1S/C9H15NO3/c1-12-8(11)2-7-3-9(6-13-7)4-10-5-9/h7,10H,2-6H2,1H3. The van der Waals surface area contributed by atoms with E-state index >= 15 is 0 Å². The monoisotopic (exact) mass is 185 g/mol. The quantitative estimate of drug-likeness (QED) is 0.612. The molecule has 4 heteroatoms. The molecule has 2 aliphatic rings. The Morgan fingerprint density at radius 1 is 1.69 bits per heavy atom. The molecule has 0 aromatic rings. The normalized spacial score (nSPS) is 30.1. The zero-order chi connectivity index (χ0) is 9.31. The summed E-state index contributed by atoms with van der Waals surface area (Å²) in [7, 11) is 1.41. The number of rotatable bonds is 2. The van der Waals surface area contributed by atoms with Crippen molar-refractivity contribution in [3.8, 4) is 0 Å². The molecule has 0 bridgehead atoms. The number of nitrogens with one attached hydrogen (secondary N) is 1. The van der Waals surface area contributed by atoms with Crippen LogP contribution in [0.15, 0.2) is 0 Å². The largest absolute Gasteiger partial charge is 0.469 e. The molecule has 0 saturated carbocycles. The molecule has 2 fully saturated rings. The molecule has 1 N–H and O–H groups in total. The fourth-order valence-electron chi connectivity index (χ4n) is 2.02. The van der Waals surface area contributed by atoms with E-state index < -0.39 is 0 Å². The summed E-state index contributed by atoms with van der Waals surface area (Å²) in [5.74, 6) is -0.172. The first-order valence-corrected chi connectivity index (χ1v) is 4.63. The first kappa shape index (κ1) is 8.97. The maximum atomic E-state index is 11.0. The van der Waals surface area contributed by atoms with E-state index in [2.05, 4.69) is 10.1 Å². The minimum absolute atomic E-state index is 0.0783. The molecule has 2 heterocycles. The Hall–Kier alpha value is -0.610. The van der Waals surface area contributed by atoms with E-state index in [0.717, 1.165) is 26.1 Å². The van der Waals surface area contributed by atoms with Crippen LogP contribution in [-0.4, -0.2) is 38.9 Å². The molecule has 0 aromatic heterocycles. The topological polar surface area (TPSA) is 47.6 Å². The van der Waals surface area contributed by atoms with Gasteiger partial charge >= 0.3 is 5.97 Å². The molecule has 2 saturated heterocycles. The number of methoxy groups -OCH3 is 1. The van der Waals surface area contributed by atoms with Crippen LogP contribution in [0.5, 0.6) is 0 Å². The van der Waals surface area contributed by atoms with Gasteiger partial charge in [0.2, 0.25) is 0 Å². The van der Waals surface area contributed by atoms with Crippen LogP contribution in [0.3, 0.4) is 0 Å². The molecule has 74 valence electrons. The second-order valence-electron chi connectivity index (χ2n) is 4.02. The summed E-state index contributed by atoms with van der Waals surface area (Å²) < 4.78 is 10.1. The van der Waals surface area contributed by atoms with Crippen molar-refractivity contribution in [3.05, 3.63) is 0 Å². The molecule has 0 radical (unpaired) electrons. The van der Waals surface area contributed by atoms with Gasteiger partial charge < -0.3 is 14.8 Å². The van der Waals surface area contributed by atoms with Gasteiger partial charge in [-0.05, 0) is 6.42 Å². The van der Waals surface area contributed by atoms with Crippen molar-refractivity contribution in [2.45, 2.75) is 18.9 Å². The van der Waals surface area contributed by atoms with Crippen LogP contribution in [0.1, 0.15) is 12.8 Å². The molecular weight excluding hydrogens is 170 g/mol. The van der Waals surface area contributed by atoms with Crippen LogP contribution in [0, 0.1) is 5.41 Å². The fourth-order valence-corrected chi connectivity index (χ4v) is 2.02. The van der Waals surface area contributed by atoms with Crippen molar-refractivity contribution in [2.75, 3.05) is 26.8 Å². The maximum Gasteiger partial charge on any atom is 0.308 e. The Morgan fingerprint density at radius 2 is 2.46 bits per heavy atom. The molecule has 0 aliphatic carbocycles. The first-order chi connectivity index (χ1) is 6.24. The summed E-state index contributed by atoms with van der Waals surface area (Å²) in [6, 6.07) is 0. The lowest BCUT2D eigenvalue weighted by atomic mass is 9.79. The van der Waals surface area contributed by atoms with Gasteiger partial charge in [-0.25, -0.2) is 0 Å². The molecule has 1 atom stereocenters. The van der Waals surface area contributed by atoms with Gasteiger partial charge in [0.1, 0.15) is 0 Å². The lowest BCUT2D eigenvalue weighted by Gasteiger charge is -2.37. The smallest absolute Gasteiger partial charge is 0.308 e. The number of esters is 1. The average molecular weight is 185 g/mol. The Morgan fingerprint density at radius 3 is 2.92 bits per heavy atom. The Labute approximate surface area is 77.6 Å². The highest BCUT2D eigenvalue weighted by Gasteiger charge is 2.45. The van der Waals surface area contributed by atoms with Crippen molar-refractivity contribution in [1.29, 1.82) is 0 Å². The van der Waals surface area contributed by atoms with Crippen LogP contribution >= 0.6 is 0 Å². The van der Waals surface area contributed by atoms with Crippen molar-refractivity contribution in [3.63, 3.8) is 0 Å². The van der Waals surface area contributed by atoms with E-state index in [4.69, 9.17) is 4.74 Å². The number of hydrogen-bond acceptors (Lipinski definition) is 4. The predicted molar refractivity (Wildman–Crippen MR) is 46.3 cm³/mol. The molecule has 2 aliphatic heterocycles. The number of ether oxygens (including phenoxy) is 2. The summed E-state index contributed by atoms with van der Waals surface area (Å²) >= 11 is 0. The highest BCUT2D eigenvalue weighted by molar-refractivity contribution is 5.69. The van der Waals surface area contributed by atoms with E-state index in [0.29, 0.717) is 11.8 Å². The highest BCUT2D eigenvalue weighted by Crippen LogP contribution is 2.37. The molecule has 1 spiro atoms. The Balaban J connectivity index is 1.81. The van der Waals surface area contributed by atoms with Gasteiger partial charge in [0.05, 0.1) is 26.2 Å². The van der Waals surface area contributed by atoms with Gasteiger partial charge in [-0.2, -0.15) is 0 Å². The second kappa shape index (κ2) is 3.27. The second-order valence-corrected chi connectivity index (χ2v) is 4.02. The third kappa shape index (κ3) is 1.69. The molecule has 2 rings (SSSR count). The summed E-state index contributed by atoms with van der Waals surface area (Å²) in [6.45, 7) is 2.86. The summed E-state index contributed by atoms with van der Waals surface area (Å²) in [5.41, 5.74) is 0.332. The third-order valence-corrected chi connectivity index (χ3v) is 2.91. The zero-order valence-electron chi connectivity index (χ0n) is 7.84.